The molecule has 2 unspecified atom stereocenters. The molecule has 2 heterocycles. The number of benzene rings is 1. The van der Waals surface area contributed by atoms with Gasteiger partial charge in [-0.2, -0.15) is 0 Å². The third-order valence-electron chi connectivity index (χ3n) is 4.66. The van der Waals surface area contributed by atoms with Crippen LogP contribution in [0.15, 0.2) is 30.3 Å². The summed E-state index contributed by atoms with van der Waals surface area (Å²) in [7, 11) is 0. The van der Waals surface area contributed by atoms with Crippen LogP contribution in [0.4, 0.5) is 0 Å². The minimum atomic E-state index is -0.900. The van der Waals surface area contributed by atoms with Crippen LogP contribution in [0.3, 0.4) is 0 Å². The first-order valence-electron chi connectivity index (χ1n) is 7.65. The molecule has 0 radical (unpaired) electrons. The first-order chi connectivity index (χ1) is 10.5. The average Bonchev–Trinajstić information content (AvgIpc) is 2.81. The number of rotatable bonds is 4. The highest BCUT2D eigenvalue weighted by atomic mass is 16.2. The highest BCUT2D eigenvalue weighted by molar-refractivity contribution is 5.93. The Morgan fingerprint density at radius 1 is 1.23 bits per heavy atom. The fraction of sp³-hybridized carbons (Fsp3) is 0.500. The van der Waals surface area contributed by atoms with Crippen molar-refractivity contribution in [2.75, 3.05) is 19.6 Å². The summed E-state index contributed by atoms with van der Waals surface area (Å²) in [6, 6.07) is 9.65. The molecule has 0 bridgehead atoms. The molecular weight excluding hydrogens is 280 g/mol. The molecule has 22 heavy (non-hydrogen) atoms. The molecule has 2 saturated heterocycles. The fourth-order valence-corrected chi connectivity index (χ4v) is 3.28. The first-order valence-corrected chi connectivity index (χ1v) is 7.65. The lowest BCUT2D eigenvalue weighted by molar-refractivity contribution is -0.150. The van der Waals surface area contributed by atoms with Crippen LogP contribution in [0.5, 0.6) is 0 Å². The van der Waals surface area contributed by atoms with Gasteiger partial charge in [-0.15, -0.1) is 0 Å². The van der Waals surface area contributed by atoms with Crippen molar-refractivity contribution in [1.82, 2.24) is 9.80 Å². The second-order valence-corrected chi connectivity index (χ2v) is 6.31. The van der Waals surface area contributed by atoms with E-state index in [1.54, 1.807) is 0 Å². The molecule has 3 rings (SSSR count). The first kappa shape index (κ1) is 15.0. The van der Waals surface area contributed by atoms with E-state index in [1.165, 1.54) is 10.5 Å². The summed E-state index contributed by atoms with van der Waals surface area (Å²) in [4.78, 5) is 27.6. The van der Waals surface area contributed by atoms with Gasteiger partial charge in [-0.25, -0.2) is 0 Å². The number of likely N-dealkylation sites (tertiary alicyclic amines) is 2. The Morgan fingerprint density at radius 2 is 1.95 bits per heavy atom. The second kappa shape index (κ2) is 5.70. The lowest BCUT2D eigenvalue weighted by atomic mass is 9.92. The maximum Gasteiger partial charge on any atom is 0.244 e. The predicted molar refractivity (Wildman–Crippen MR) is 82.6 cm³/mol. The van der Waals surface area contributed by atoms with Crippen molar-refractivity contribution >= 4 is 11.8 Å². The van der Waals surface area contributed by atoms with E-state index in [2.05, 4.69) is 17.0 Å². The van der Waals surface area contributed by atoms with Gasteiger partial charge < -0.3 is 16.4 Å². The van der Waals surface area contributed by atoms with Gasteiger partial charge in [-0.3, -0.25) is 14.5 Å². The molecule has 0 aromatic heterocycles. The van der Waals surface area contributed by atoms with Crippen molar-refractivity contribution in [3.63, 3.8) is 0 Å². The summed E-state index contributed by atoms with van der Waals surface area (Å²) in [5.74, 6) is -0.583. The van der Waals surface area contributed by atoms with E-state index in [1.807, 2.05) is 18.2 Å². The van der Waals surface area contributed by atoms with Gasteiger partial charge in [0.25, 0.3) is 0 Å². The molecule has 6 heteroatoms. The van der Waals surface area contributed by atoms with Crippen molar-refractivity contribution in [3.05, 3.63) is 35.9 Å². The van der Waals surface area contributed by atoms with Crippen molar-refractivity contribution in [2.45, 2.75) is 31.0 Å². The molecule has 2 atom stereocenters. The van der Waals surface area contributed by atoms with Crippen LogP contribution < -0.4 is 11.5 Å². The Labute approximate surface area is 130 Å². The zero-order chi connectivity index (χ0) is 15.7. The van der Waals surface area contributed by atoms with Gasteiger partial charge in [-0.05, 0) is 18.4 Å². The lowest BCUT2D eigenvalue weighted by Gasteiger charge is -2.42. The van der Waals surface area contributed by atoms with Crippen LogP contribution >= 0.6 is 0 Å². The van der Waals surface area contributed by atoms with E-state index in [-0.39, 0.29) is 5.91 Å². The van der Waals surface area contributed by atoms with E-state index < -0.39 is 17.5 Å². The SMILES string of the molecule is NC(=O)C1CCN1C(=O)C1(N)CCN(Cc2ccccc2)C1. The monoisotopic (exact) mass is 302 g/mol. The van der Waals surface area contributed by atoms with Crippen LogP contribution in [0.1, 0.15) is 18.4 Å². The van der Waals surface area contributed by atoms with Crippen LogP contribution in [0.25, 0.3) is 0 Å². The highest BCUT2D eigenvalue weighted by Crippen LogP contribution is 2.27. The van der Waals surface area contributed by atoms with E-state index in [9.17, 15) is 9.59 Å². The Balaban J connectivity index is 1.63. The molecule has 2 aliphatic heterocycles. The fourth-order valence-electron chi connectivity index (χ4n) is 3.28. The Morgan fingerprint density at radius 3 is 2.55 bits per heavy atom. The highest BCUT2D eigenvalue weighted by Gasteiger charge is 2.48. The van der Waals surface area contributed by atoms with E-state index in [0.717, 1.165) is 13.1 Å². The molecule has 0 aliphatic carbocycles. The van der Waals surface area contributed by atoms with Gasteiger partial charge in [0, 0.05) is 26.2 Å². The third kappa shape index (κ3) is 2.71. The van der Waals surface area contributed by atoms with Gasteiger partial charge in [0.15, 0.2) is 0 Å². The summed E-state index contributed by atoms with van der Waals surface area (Å²) in [6.45, 7) is 2.66. The van der Waals surface area contributed by atoms with Crippen molar-refractivity contribution < 1.29 is 9.59 Å². The van der Waals surface area contributed by atoms with Crippen LogP contribution in [-0.4, -0.2) is 52.8 Å². The maximum absolute atomic E-state index is 12.6. The van der Waals surface area contributed by atoms with Crippen LogP contribution in [-0.2, 0) is 16.1 Å². The Hall–Kier alpha value is -1.92. The number of hydrogen-bond donors (Lipinski definition) is 2. The molecule has 2 aliphatic rings. The number of nitrogens with zero attached hydrogens (tertiary/aromatic N) is 2. The van der Waals surface area contributed by atoms with E-state index in [0.29, 0.717) is 25.9 Å². The summed E-state index contributed by atoms with van der Waals surface area (Å²) >= 11 is 0. The molecule has 0 saturated carbocycles. The Bertz CT molecular complexity index is 577. The lowest BCUT2D eigenvalue weighted by Crippen LogP contribution is -2.66. The van der Waals surface area contributed by atoms with Crippen molar-refractivity contribution in [1.29, 1.82) is 0 Å². The van der Waals surface area contributed by atoms with Gasteiger partial charge in [0.2, 0.25) is 11.8 Å². The summed E-state index contributed by atoms with van der Waals surface area (Å²) < 4.78 is 0. The molecule has 0 spiro atoms. The molecular formula is C16H22N4O2. The molecule has 1 aromatic rings. The Kier molecular flexibility index (Phi) is 3.88. The zero-order valence-electron chi connectivity index (χ0n) is 12.6. The minimum Gasteiger partial charge on any atom is -0.368 e. The van der Waals surface area contributed by atoms with Gasteiger partial charge >= 0.3 is 0 Å². The smallest absolute Gasteiger partial charge is 0.244 e. The van der Waals surface area contributed by atoms with Crippen molar-refractivity contribution in [3.8, 4) is 0 Å². The average molecular weight is 302 g/mol. The molecule has 2 fully saturated rings. The number of nitrogens with two attached hydrogens (primary N) is 2. The van der Waals surface area contributed by atoms with Gasteiger partial charge in [0.05, 0.1) is 0 Å². The third-order valence-corrected chi connectivity index (χ3v) is 4.66. The van der Waals surface area contributed by atoms with Crippen molar-refractivity contribution in [2.24, 2.45) is 11.5 Å². The van der Waals surface area contributed by atoms with Crippen LogP contribution in [0.2, 0.25) is 0 Å². The standard InChI is InChI=1S/C16H22N4O2/c17-14(21)13-6-8-20(13)15(22)16(18)7-9-19(11-16)10-12-4-2-1-3-5-12/h1-5,13H,6-11,18H2,(H2,17,21). The summed E-state index contributed by atoms with van der Waals surface area (Å²) in [5, 5.41) is 0. The molecule has 4 N–H and O–H groups in total. The number of primary amides is 1. The van der Waals surface area contributed by atoms with E-state index in [4.69, 9.17) is 11.5 Å². The van der Waals surface area contributed by atoms with Crippen LogP contribution in [0, 0.1) is 0 Å². The van der Waals surface area contributed by atoms with Gasteiger partial charge in [0.1, 0.15) is 11.6 Å². The summed E-state index contributed by atoms with van der Waals surface area (Å²) in [5.41, 5.74) is 12.0. The molecule has 118 valence electrons. The largest absolute Gasteiger partial charge is 0.368 e. The number of carbonyl (C=O) groups is 2. The molecule has 1 aromatic carbocycles. The quantitative estimate of drug-likeness (QED) is 0.797. The number of carbonyl (C=O) groups excluding carboxylic acids is 2. The summed E-state index contributed by atoms with van der Waals surface area (Å²) in [6.07, 6.45) is 1.26. The number of hydrogen-bond acceptors (Lipinski definition) is 4. The zero-order valence-corrected chi connectivity index (χ0v) is 12.6. The maximum atomic E-state index is 12.6. The minimum absolute atomic E-state index is 0.141. The normalized spacial score (nSPS) is 28.4. The molecule has 2 amide bonds. The predicted octanol–water partition coefficient (Wildman–Crippen LogP) is -0.324. The topological polar surface area (TPSA) is 92.7 Å². The van der Waals surface area contributed by atoms with Gasteiger partial charge in [-0.1, -0.05) is 30.3 Å². The number of amides is 2. The molecule has 6 nitrogen and oxygen atoms in total. The second-order valence-electron chi connectivity index (χ2n) is 6.31. The van der Waals surface area contributed by atoms with E-state index >= 15 is 0 Å².